The van der Waals surface area contributed by atoms with Crippen molar-refractivity contribution in [2.24, 2.45) is 0 Å². The van der Waals surface area contributed by atoms with Crippen LogP contribution in [0, 0.1) is 0 Å². The molecule has 0 aliphatic rings. The third-order valence-electron chi connectivity index (χ3n) is 2.60. The van der Waals surface area contributed by atoms with Crippen LogP contribution in [-0.4, -0.2) is 35.0 Å². The number of nitrogens with one attached hydrogen (secondary N) is 1. The minimum atomic E-state index is -3.58. The van der Waals surface area contributed by atoms with Crippen LogP contribution in [0.15, 0.2) is 29.2 Å². The van der Waals surface area contributed by atoms with Gasteiger partial charge in [0.25, 0.3) is 0 Å². The van der Waals surface area contributed by atoms with Gasteiger partial charge in [-0.15, -0.1) is 0 Å². The van der Waals surface area contributed by atoms with Crippen molar-refractivity contribution in [2.75, 3.05) is 14.2 Å². The zero-order valence-electron chi connectivity index (χ0n) is 11.1. The second-order valence-corrected chi connectivity index (χ2v) is 6.30. The fourth-order valence-corrected chi connectivity index (χ4v) is 3.24. The number of methoxy groups -OCH3 is 2. The molecule has 0 spiro atoms. The molecule has 1 aromatic carbocycles. The number of alkyl halides is 1. The maximum atomic E-state index is 12.1. The van der Waals surface area contributed by atoms with Gasteiger partial charge in [-0.25, -0.2) is 13.1 Å². The minimum Gasteiger partial charge on any atom is -0.354 e. The average molecular weight is 352 g/mol. The maximum Gasteiger partial charge on any atom is 0.240 e. The molecular weight excluding hydrogens is 334 g/mol. The Morgan fingerprint density at radius 2 is 1.74 bits per heavy atom. The first-order valence-corrected chi connectivity index (χ1v) is 8.28. The number of rotatable bonds is 7. The summed E-state index contributed by atoms with van der Waals surface area (Å²) in [4.78, 5) is 0.218. The molecule has 0 saturated carbocycles. The monoisotopic (exact) mass is 351 g/mol. The van der Waals surface area contributed by atoms with Crippen molar-refractivity contribution in [3.05, 3.63) is 29.8 Å². The van der Waals surface area contributed by atoms with Crippen LogP contribution in [0.4, 0.5) is 0 Å². The minimum absolute atomic E-state index is 0.218. The van der Waals surface area contributed by atoms with Crippen LogP contribution in [-0.2, 0) is 24.8 Å². The predicted octanol–water partition coefficient (Wildman–Crippen LogP) is 1.87. The molecule has 1 rings (SSSR count). The largest absolute Gasteiger partial charge is 0.354 e. The third kappa shape index (κ3) is 4.54. The molecule has 0 aromatic heterocycles. The molecule has 0 aliphatic carbocycles. The summed E-state index contributed by atoms with van der Waals surface area (Å²) in [5.74, 6) is 0. The molecule has 5 nitrogen and oxygen atoms in total. The van der Waals surface area contributed by atoms with Crippen LogP contribution in [0.2, 0.25) is 0 Å². The molecule has 1 atom stereocenters. The molecule has 1 N–H and O–H groups in total. The summed E-state index contributed by atoms with van der Waals surface area (Å²) < 4.78 is 36.9. The van der Waals surface area contributed by atoms with Gasteiger partial charge in [-0.2, -0.15) is 0 Å². The van der Waals surface area contributed by atoms with Crippen LogP contribution in [0.1, 0.15) is 12.5 Å². The first-order valence-electron chi connectivity index (χ1n) is 5.67. The lowest BCUT2D eigenvalue weighted by atomic mass is 10.2. The fraction of sp³-hybridized carbons (Fsp3) is 0.500. The molecule has 7 heteroatoms. The molecule has 1 unspecified atom stereocenters. The molecule has 0 bridgehead atoms. The second kappa shape index (κ2) is 7.35. The van der Waals surface area contributed by atoms with Crippen molar-refractivity contribution < 1.29 is 17.9 Å². The Bertz CT molecular complexity index is 485. The topological polar surface area (TPSA) is 64.6 Å². The van der Waals surface area contributed by atoms with E-state index < -0.39 is 22.4 Å². The maximum absolute atomic E-state index is 12.1. The number of ether oxygens (including phenoxy) is 2. The molecule has 0 amide bonds. The number of halogens is 1. The molecule has 19 heavy (non-hydrogen) atoms. The van der Waals surface area contributed by atoms with E-state index in [0.717, 1.165) is 5.56 Å². The van der Waals surface area contributed by atoms with E-state index in [-0.39, 0.29) is 4.90 Å². The molecular formula is C12H18BrNO4S. The van der Waals surface area contributed by atoms with E-state index in [1.807, 2.05) is 0 Å². The van der Waals surface area contributed by atoms with Crippen LogP contribution < -0.4 is 4.72 Å². The lowest BCUT2D eigenvalue weighted by molar-refractivity contribution is -0.115. The summed E-state index contributed by atoms with van der Waals surface area (Å²) in [7, 11) is -0.651. The van der Waals surface area contributed by atoms with Gasteiger partial charge in [-0.05, 0) is 24.6 Å². The second-order valence-electron chi connectivity index (χ2n) is 4.03. The van der Waals surface area contributed by atoms with Gasteiger partial charge in [0, 0.05) is 19.5 Å². The molecule has 0 heterocycles. The Balaban J connectivity index is 2.85. The van der Waals surface area contributed by atoms with E-state index in [1.165, 1.54) is 14.2 Å². The fourth-order valence-electron chi connectivity index (χ4n) is 1.63. The molecule has 0 fully saturated rings. The lowest BCUT2D eigenvalue weighted by Crippen LogP contribution is -2.42. The van der Waals surface area contributed by atoms with E-state index in [1.54, 1.807) is 31.2 Å². The smallest absolute Gasteiger partial charge is 0.240 e. The third-order valence-corrected chi connectivity index (χ3v) is 4.82. The summed E-state index contributed by atoms with van der Waals surface area (Å²) in [5, 5.41) is 0.687. The van der Waals surface area contributed by atoms with E-state index in [9.17, 15) is 8.42 Å². The SMILES string of the molecule is COC(OC)C(C)NS(=O)(=O)c1ccc(CBr)cc1. The van der Waals surface area contributed by atoms with Gasteiger partial charge in [0.05, 0.1) is 10.9 Å². The average Bonchev–Trinajstić information content (AvgIpc) is 2.39. The zero-order valence-corrected chi connectivity index (χ0v) is 13.5. The Hall–Kier alpha value is -0.470. The Kier molecular flexibility index (Phi) is 6.41. The van der Waals surface area contributed by atoms with Crippen molar-refractivity contribution in [3.8, 4) is 0 Å². The summed E-state index contributed by atoms with van der Waals surface area (Å²) >= 11 is 3.31. The summed E-state index contributed by atoms with van der Waals surface area (Å²) in [6.07, 6.45) is -0.628. The number of hydrogen-bond donors (Lipinski definition) is 1. The number of sulfonamides is 1. The van der Waals surface area contributed by atoms with Crippen LogP contribution in [0.5, 0.6) is 0 Å². The standard InChI is InChI=1S/C12H18BrNO4S/c1-9(12(17-2)18-3)14-19(15,16)11-6-4-10(8-13)5-7-11/h4-7,9,12,14H,8H2,1-3H3. The molecule has 0 saturated heterocycles. The van der Waals surface area contributed by atoms with E-state index in [4.69, 9.17) is 9.47 Å². The summed E-state index contributed by atoms with van der Waals surface area (Å²) in [5.41, 5.74) is 1.01. The van der Waals surface area contributed by atoms with Gasteiger partial charge in [0.15, 0.2) is 6.29 Å². The highest BCUT2D eigenvalue weighted by Crippen LogP contribution is 2.13. The van der Waals surface area contributed by atoms with Crippen molar-refractivity contribution in [3.63, 3.8) is 0 Å². The highest BCUT2D eigenvalue weighted by Gasteiger charge is 2.23. The molecule has 108 valence electrons. The van der Waals surface area contributed by atoms with Gasteiger partial charge in [0.1, 0.15) is 0 Å². The van der Waals surface area contributed by atoms with Gasteiger partial charge >= 0.3 is 0 Å². The Morgan fingerprint density at radius 1 is 1.21 bits per heavy atom. The Labute approximate surface area is 122 Å². The first-order chi connectivity index (χ1) is 8.94. The first kappa shape index (κ1) is 16.6. The van der Waals surface area contributed by atoms with E-state index in [2.05, 4.69) is 20.7 Å². The number of hydrogen-bond acceptors (Lipinski definition) is 4. The highest BCUT2D eigenvalue weighted by atomic mass is 79.9. The lowest BCUT2D eigenvalue weighted by Gasteiger charge is -2.22. The quantitative estimate of drug-likeness (QED) is 0.601. The highest BCUT2D eigenvalue weighted by molar-refractivity contribution is 9.08. The van der Waals surface area contributed by atoms with Gasteiger partial charge in [-0.1, -0.05) is 28.1 Å². The van der Waals surface area contributed by atoms with Gasteiger partial charge in [0.2, 0.25) is 10.0 Å². The Morgan fingerprint density at radius 3 is 2.16 bits per heavy atom. The summed E-state index contributed by atoms with van der Waals surface area (Å²) in [6, 6.07) is 6.17. The normalized spacial score (nSPS) is 13.7. The van der Waals surface area contributed by atoms with Gasteiger partial charge in [-0.3, -0.25) is 0 Å². The van der Waals surface area contributed by atoms with Crippen LogP contribution in [0.25, 0.3) is 0 Å². The van der Waals surface area contributed by atoms with Crippen LogP contribution in [0.3, 0.4) is 0 Å². The molecule has 1 aromatic rings. The van der Waals surface area contributed by atoms with Crippen molar-refractivity contribution in [1.29, 1.82) is 0 Å². The molecule has 0 radical (unpaired) electrons. The van der Waals surface area contributed by atoms with E-state index in [0.29, 0.717) is 5.33 Å². The van der Waals surface area contributed by atoms with Gasteiger partial charge < -0.3 is 9.47 Å². The van der Waals surface area contributed by atoms with Crippen molar-refractivity contribution in [1.82, 2.24) is 4.72 Å². The van der Waals surface area contributed by atoms with Crippen LogP contribution >= 0.6 is 15.9 Å². The predicted molar refractivity (Wildman–Crippen MR) is 76.7 cm³/mol. The number of benzene rings is 1. The zero-order chi connectivity index (χ0) is 14.5. The molecule has 0 aliphatic heterocycles. The van der Waals surface area contributed by atoms with E-state index >= 15 is 0 Å². The summed E-state index contributed by atoms with van der Waals surface area (Å²) in [6.45, 7) is 1.68. The van der Waals surface area contributed by atoms with Crippen molar-refractivity contribution in [2.45, 2.75) is 29.5 Å². The van der Waals surface area contributed by atoms with Crippen molar-refractivity contribution >= 4 is 26.0 Å².